The molecule has 1 fully saturated rings. The van der Waals surface area contributed by atoms with Gasteiger partial charge < -0.3 is 15.1 Å². The lowest BCUT2D eigenvalue weighted by Crippen LogP contribution is -2.27. The summed E-state index contributed by atoms with van der Waals surface area (Å²) in [6.07, 6.45) is 2.51. The summed E-state index contributed by atoms with van der Waals surface area (Å²) in [6.45, 7) is 4.16. The number of piperidine rings is 1. The summed E-state index contributed by atoms with van der Waals surface area (Å²) in [7, 11) is 2.19. The van der Waals surface area contributed by atoms with E-state index in [4.69, 9.17) is 5.11 Å². The van der Waals surface area contributed by atoms with E-state index in [1.54, 1.807) is 6.92 Å². The predicted octanol–water partition coefficient (Wildman–Crippen LogP) is 3.80. The zero-order valence-corrected chi connectivity index (χ0v) is 15.8. The maximum atomic E-state index is 10.7. The van der Waals surface area contributed by atoms with Gasteiger partial charge in [0.15, 0.2) is 0 Å². The highest BCUT2D eigenvalue weighted by Gasteiger charge is 2.26. The van der Waals surface area contributed by atoms with Crippen molar-refractivity contribution in [2.75, 3.05) is 26.7 Å². The third-order valence-corrected chi connectivity index (χ3v) is 5.23. The second-order valence-electron chi connectivity index (χ2n) is 7.06. The third-order valence-electron chi connectivity index (χ3n) is 5.23. The zero-order chi connectivity index (χ0) is 18.5. The molecule has 0 bridgehead atoms. The highest BCUT2D eigenvalue weighted by atomic mass is 16.3. The number of rotatable bonds is 0. The standard InChI is InChI=1S/C21H23NO.C2H6O/c1-22-12-10-15(11-13-22)21-17-7-3-2-6-16(17)14-20(23)18-8-4-5-9-19(18)21;1-2-3/h2-9,20,23H,10-14H2,1H3;3H,2H2,1H3. The fourth-order valence-corrected chi connectivity index (χ4v) is 3.94. The largest absolute Gasteiger partial charge is 0.397 e. The van der Waals surface area contributed by atoms with E-state index < -0.39 is 6.10 Å². The van der Waals surface area contributed by atoms with Crippen LogP contribution in [0.25, 0.3) is 5.57 Å². The van der Waals surface area contributed by atoms with E-state index in [9.17, 15) is 5.11 Å². The second-order valence-corrected chi connectivity index (χ2v) is 7.06. The fourth-order valence-electron chi connectivity index (χ4n) is 3.94. The molecule has 138 valence electrons. The van der Waals surface area contributed by atoms with Crippen molar-refractivity contribution in [3.8, 4) is 0 Å². The molecule has 1 heterocycles. The van der Waals surface area contributed by atoms with E-state index in [1.807, 2.05) is 6.07 Å². The molecular weight excluding hydrogens is 322 g/mol. The van der Waals surface area contributed by atoms with Crippen LogP contribution in [-0.2, 0) is 6.42 Å². The Morgan fingerprint density at radius 1 is 0.962 bits per heavy atom. The first-order chi connectivity index (χ1) is 12.7. The van der Waals surface area contributed by atoms with Gasteiger partial charge in [-0.1, -0.05) is 54.1 Å². The molecule has 2 aromatic rings. The Kier molecular flexibility index (Phi) is 6.25. The van der Waals surface area contributed by atoms with Crippen LogP contribution < -0.4 is 0 Å². The molecule has 0 amide bonds. The lowest BCUT2D eigenvalue weighted by atomic mass is 9.86. The summed E-state index contributed by atoms with van der Waals surface area (Å²) < 4.78 is 0. The van der Waals surface area contributed by atoms with Crippen LogP contribution in [0.4, 0.5) is 0 Å². The quantitative estimate of drug-likeness (QED) is 0.759. The van der Waals surface area contributed by atoms with Gasteiger partial charge in [0.2, 0.25) is 0 Å². The van der Waals surface area contributed by atoms with Crippen LogP contribution in [-0.4, -0.2) is 41.9 Å². The molecule has 1 aliphatic heterocycles. The molecule has 4 rings (SSSR count). The number of hydrogen-bond donors (Lipinski definition) is 2. The second kappa shape index (κ2) is 8.63. The third kappa shape index (κ3) is 3.90. The Labute approximate surface area is 156 Å². The molecule has 2 aromatic carbocycles. The van der Waals surface area contributed by atoms with E-state index in [0.29, 0.717) is 6.42 Å². The molecule has 0 aromatic heterocycles. The summed E-state index contributed by atoms with van der Waals surface area (Å²) in [6, 6.07) is 17.0. The molecule has 1 unspecified atom stereocenters. The zero-order valence-electron chi connectivity index (χ0n) is 15.8. The van der Waals surface area contributed by atoms with Crippen molar-refractivity contribution in [3.05, 3.63) is 76.4 Å². The average Bonchev–Trinajstić information content (AvgIpc) is 2.78. The van der Waals surface area contributed by atoms with Crippen LogP contribution in [0.5, 0.6) is 0 Å². The summed E-state index contributed by atoms with van der Waals surface area (Å²) >= 11 is 0. The molecule has 2 N–H and O–H groups in total. The Morgan fingerprint density at radius 3 is 2.23 bits per heavy atom. The molecular formula is C23H29NO2. The molecule has 0 saturated carbocycles. The van der Waals surface area contributed by atoms with E-state index >= 15 is 0 Å². The van der Waals surface area contributed by atoms with Gasteiger partial charge >= 0.3 is 0 Å². The van der Waals surface area contributed by atoms with Crippen LogP contribution in [0.2, 0.25) is 0 Å². The van der Waals surface area contributed by atoms with Gasteiger partial charge in [0.05, 0.1) is 6.10 Å². The lowest BCUT2D eigenvalue weighted by Gasteiger charge is -2.27. The van der Waals surface area contributed by atoms with Crippen molar-refractivity contribution in [3.63, 3.8) is 0 Å². The number of likely N-dealkylation sites (tertiary alicyclic amines) is 1. The van der Waals surface area contributed by atoms with Crippen molar-refractivity contribution >= 4 is 5.57 Å². The van der Waals surface area contributed by atoms with Gasteiger partial charge in [-0.25, -0.2) is 0 Å². The van der Waals surface area contributed by atoms with Crippen LogP contribution in [0, 0.1) is 0 Å². The Bertz CT molecular complexity index is 771. The molecule has 0 radical (unpaired) electrons. The van der Waals surface area contributed by atoms with Crippen molar-refractivity contribution in [1.82, 2.24) is 4.90 Å². The van der Waals surface area contributed by atoms with E-state index in [-0.39, 0.29) is 6.61 Å². The highest BCUT2D eigenvalue weighted by molar-refractivity contribution is 5.86. The summed E-state index contributed by atoms with van der Waals surface area (Å²) in [4.78, 5) is 2.40. The normalized spacial score (nSPS) is 19.8. The lowest BCUT2D eigenvalue weighted by molar-refractivity contribution is 0.179. The first-order valence-electron chi connectivity index (χ1n) is 9.52. The first kappa shape index (κ1) is 18.8. The number of aliphatic hydroxyl groups excluding tert-OH is 2. The Hall–Kier alpha value is -1.94. The van der Waals surface area contributed by atoms with Gasteiger partial charge in [-0.3, -0.25) is 0 Å². The topological polar surface area (TPSA) is 43.7 Å². The minimum atomic E-state index is -0.420. The SMILES string of the molecule is CCO.CN1CCC(=C2c3ccccc3CC(O)c3ccccc32)CC1. The van der Waals surface area contributed by atoms with Gasteiger partial charge in [0.1, 0.15) is 0 Å². The van der Waals surface area contributed by atoms with Gasteiger partial charge in [-0.15, -0.1) is 0 Å². The van der Waals surface area contributed by atoms with Gasteiger partial charge in [0.25, 0.3) is 0 Å². The molecule has 0 spiro atoms. The number of hydrogen-bond acceptors (Lipinski definition) is 3. The molecule has 26 heavy (non-hydrogen) atoms. The molecule has 2 aliphatic rings. The molecule has 3 nitrogen and oxygen atoms in total. The predicted molar refractivity (Wildman–Crippen MR) is 107 cm³/mol. The van der Waals surface area contributed by atoms with Crippen LogP contribution in [0.1, 0.15) is 48.1 Å². The van der Waals surface area contributed by atoms with E-state index in [0.717, 1.165) is 31.5 Å². The summed E-state index contributed by atoms with van der Waals surface area (Å²) in [5.74, 6) is 0. The van der Waals surface area contributed by atoms with Gasteiger partial charge in [-0.2, -0.15) is 0 Å². The van der Waals surface area contributed by atoms with Gasteiger partial charge in [0, 0.05) is 26.1 Å². The maximum Gasteiger partial charge on any atom is 0.0836 e. The Morgan fingerprint density at radius 2 is 1.54 bits per heavy atom. The minimum Gasteiger partial charge on any atom is -0.397 e. The highest BCUT2D eigenvalue weighted by Crippen LogP contribution is 2.41. The first-order valence-corrected chi connectivity index (χ1v) is 9.52. The fraction of sp³-hybridized carbons (Fsp3) is 0.391. The van der Waals surface area contributed by atoms with Crippen LogP contribution in [0.3, 0.4) is 0 Å². The number of nitrogens with zero attached hydrogens (tertiary/aromatic N) is 1. The summed E-state index contributed by atoms with van der Waals surface area (Å²) in [5.41, 5.74) is 7.79. The minimum absolute atomic E-state index is 0.250. The molecule has 1 aliphatic carbocycles. The average molecular weight is 351 g/mol. The maximum absolute atomic E-state index is 10.7. The smallest absolute Gasteiger partial charge is 0.0836 e. The molecule has 3 heteroatoms. The molecule has 1 atom stereocenters. The monoisotopic (exact) mass is 351 g/mol. The summed E-state index contributed by atoms with van der Waals surface area (Å²) in [5, 5.41) is 18.3. The number of fused-ring (bicyclic) bond motifs is 2. The van der Waals surface area contributed by atoms with Crippen LogP contribution in [0.15, 0.2) is 54.1 Å². The van der Waals surface area contributed by atoms with E-state index in [1.165, 1.54) is 27.8 Å². The van der Waals surface area contributed by atoms with Crippen LogP contribution >= 0.6 is 0 Å². The van der Waals surface area contributed by atoms with Crippen molar-refractivity contribution in [2.45, 2.75) is 32.3 Å². The van der Waals surface area contributed by atoms with Crippen molar-refractivity contribution in [2.24, 2.45) is 0 Å². The number of aliphatic hydroxyl groups is 2. The van der Waals surface area contributed by atoms with Crippen molar-refractivity contribution in [1.29, 1.82) is 0 Å². The van der Waals surface area contributed by atoms with Gasteiger partial charge in [-0.05, 0) is 54.6 Å². The van der Waals surface area contributed by atoms with Crippen molar-refractivity contribution < 1.29 is 10.2 Å². The molecule has 1 saturated heterocycles. The Balaban J connectivity index is 0.000000613. The number of benzene rings is 2. The van der Waals surface area contributed by atoms with E-state index in [2.05, 4.69) is 54.4 Å².